The topological polar surface area (TPSA) is 97.0 Å². The molecule has 0 saturated heterocycles. The van der Waals surface area contributed by atoms with Crippen LogP contribution in [-0.4, -0.2) is 65.2 Å². The van der Waals surface area contributed by atoms with Gasteiger partial charge in [-0.1, -0.05) is 19.1 Å². The van der Waals surface area contributed by atoms with Crippen LogP contribution in [0.15, 0.2) is 47.4 Å². The van der Waals surface area contributed by atoms with Crippen LogP contribution in [0.2, 0.25) is 0 Å². The molecule has 0 fully saturated rings. The highest BCUT2D eigenvalue weighted by Gasteiger charge is 2.26. The Morgan fingerprint density at radius 3 is 2.64 bits per heavy atom. The van der Waals surface area contributed by atoms with Crippen molar-refractivity contribution < 1.29 is 27.1 Å². The van der Waals surface area contributed by atoms with E-state index in [0.29, 0.717) is 18.7 Å². The van der Waals surface area contributed by atoms with E-state index in [2.05, 4.69) is 17.0 Å². The highest BCUT2D eigenvalue weighted by atomic mass is 32.2. The molecule has 33 heavy (non-hydrogen) atoms. The van der Waals surface area contributed by atoms with Crippen LogP contribution < -0.4 is 14.8 Å². The van der Waals surface area contributed by atoms with Gasteiger partial charge in [0, 0.05) is 39.4 Å². The Hall–Kier alpha value is -2.69. The quantitative estimate of drug-likeness (QED) is 0.700. The number of nitrogens with zero attached hydrogens (tertiary/aromatic N) is 1. The highest BCUT2D eigenvalue weighted by Crippen LogP contribution is 2.28. The maximum atomic E-state index is 14.0. The Balaban J connectivity index is 1.93. The number of nitrogens with one attached hydrogen (secondary N) is 2. The van der Waals surface area contributed by atoms with Crippen molar-refractivity contribution in [3.8, 4) is 5.75 Å². The van der Waals surface area contributed by atoms with Crippen LogP contribution in [0.25, 0.3) is 0 Å². The van der Waals surface area contributed by atoms with Gasteiger partial charge in [-0.25, -0.2) is 12.8 Å². The number of likely N-dealkylation sites (N-methyl/N-ethyl adjacent to an activating group) is 1. The molecule has 1 amide bonds. The van der Waals surface area contributed by atoms with Gasteiger partial charge in [-0.3, -0.25) is 9.52 Å². The predicted molar refractivity (Wildman–Crippen MR) is 124 cm³/mol. The molecule has 0 aliphatic carbocycles. The number of carbonyl (C=O) groups excluding carboxylic acids is 1. The van der Waals surface area contributed by atoms with Crippen LogP contribution in [-0.2, 0) is 14.8 Å². The summed E-state index contributed by atoms with van der Waals surface area (Å²) in [5.41, 5.74) is 0.449. The summed E-state index contributed by atoms with van der Waals surface area (Å²) >= 11 is 0. The third-order valence-corrected chi connectivity index (χ3v) is 7.02. The molecular weight excluding hydrogens is 449 g/mol. The Bertz CT molecular complexity index is 1100. The summed E-state index contributed by atoms with van der Waals surface area (Å²) in [6.07, 6.45) is -0.158. The van der Waals surface area contributed by atoms with Gasteiger partial charge in [0.2, 0.25) is 0 Å². The Labute approximate surface area is 194 Å². The van der Waals surface area contributed by atoms with Crippen molar-refractivity contribution in [2.75, 3.05) is 38.6 Å². The summed E-state index contributed by atoms with van der Waals surface area (Å²) in [7, 11) is -0.860. The number of carbonyl (C=O) groups is 1. The number of rotatable bonds is 4. The maximum Gasteiger partial charge on any atom is 0.264 e. The second-order valence-electron chi connectivity index (χ2n) is 8.30. The van der Waals surface area contributed by atoms with E-state index in [0.717, 1.165) is 6.07 Å². The van der Waals surface area contributed by atoms with Gasteiger partial charge in [-0.05, 0) is 37.1 Å². The molecule has 0 radical (unpaired) electrons. The molecule has 2 N–H and O–H groups in total. The van der Waals surface area contributed by atoms with E-state index in [9.17, 15) is 17.6 Å². The standard InChI is InChI=1S/C23H30FN3O5S/c1-15-12-25-16(2)14-32-20-11-17(26-33(29,30)22-8-6-5-7-19(22)24)9-10-18(20)23(28)27(3)13-21(15)31-4/h5-11,15-16,21,25-26H,12-14H2,1-4H3/t15-,16-,21+/m0/s1. The molecule has 3 rings (SSSR count). The molecule has 3 atom stereocenters. The van der Waals surface area contributed by atoms with Crippen LogP contribution >= 0.6 is 0 Å². The summed E-state index contributed by atoms with van der Waals surface area (Å²) in [6.45, 7) is 5.34. The highest BCUT2D eigenvalue weighted by molar-refractivity contribution is 7.92. The first-order chi connectivity index (χ1) is 15.6. The largest absolute Gasteiger partial charge is 0.491 e. The number of amides is 1. The van der Waals surface area contributed by atoms with E-state index in [1.165, 1.54) is 36.4 Å². The van der Waals surface area contributed by atoms with Crippen molar-refractivity contribution >= 4 is 21.6 Å². The van der Waals surface area contributed by atoms with E-state index >= 15 is 0 Å². The molecule has 10 heteroatoms. The smallest absolute Gasteiger partial charge is 0.264 e. The van der Waals surface area contributed by atoms with E-state index in [4.69, 9.17) is 9.47 Å². The second kappa shape index (κ2) is 10.5. The van der Waals surface area contributed by atoms with Gasteiger partial charge in [0.15, 0.2) is 0 Å². The van der Waals surface area contributed by atoms with Crippen molar-refractivity contribution in [1.82, 2.24) is 10.2 Å². The number of hydrogen-bond donors (Lipinski definition) is 2. The molecule has 0 bridgehead atoms. The van der Waals surface area contributed by atoms with Gasteiger partial charge in [0.05, 0.1) is 17.4 Å². The number of halogens is 1. The number of sulfonamides is 1. The van der Waals surface area contributed by atoms with Crippen LogP contribution in [0.4, 0.5) is 10.1 Å². The Kier molecular flexibility index (Phi) is 7.93. The molecule has 0 spiro atoms. The minimum absolute atomic E-state index is 0.0242. The lowest BCUT2D eigenvalue weighted by atomic mass is 10.0. The predicted octanol–water partition coefficient (Wildman–Crippen LogP) is 2.72. The van der Waals surface area contributed by atoms with Gasteiger partial charge >= 0.3 is 0 Å². The molecule has 2 aromatic carbocycles. The lowest BCUT2D eigenvalue weighted by molar-refractivity contribution is 0.0281. The number of hydrogen-bond acceptors (Lipinski definition) is 6. The number of ether oxygens (including phenoxy) is 2. The maximum absolute atomic E-state index is 14.0. The Morgan fingerprint density at radius 1 is 1.21 bits per heavy atom. The van der Waals surface area contributed by atoms with E-state index in [-0.39, 0.29) is 42.0 Å². The molecule has 1 aliphatic heterocycles. The number of methoxy groups -OCH3 is 1. The third kappa shape index (κ3) is 6.01. The van der Waals surface area contributed by atoms with Crippen LogP contribution in [0.3, 0.4) is 0 Å². The van der Waals surface area contributed by atoms with Crippen molar-refractivity contribution in [1.29, 1.82) is 0 Å². The minimum Gasteiger partial charge on any atom is -0.491 e. The van der Waals surface area contributed by atoms with E-state index in [1.807, 2.05) is 6.92 Å². The lowest BCUT2D eigenvalue weighted by Crippen LogP contribution is -2.44. The van der Waals surface area contributed by atoms with Gasteiger partial charge in [-0.2, -0.15) is 0 Å². The van der Waals surface area contributed by atoms with Crippen molar-refractivity contribution in [2.24, 2.45) is 5.92 Å². The molecule has 1 heterocycles. The summed E-state index contributed by atoms with van der Waals surface area (Å²) in [6, 6.07) is 9.48. The zero-order valence-corrected chi connectivity index (χ0v) is 20.0. The SMILES string of the molecule is CO[C@@H]1CN(C)C(=O)c2ccc(NS(=O)(=O)c3ccccc3F)cc2OC[C@H](C)NC[C@@H]1C. The van der Waals surface area contributed by atoms with Gasteiger partial charge in [0.1, 0.15) is 23.1 Å². The Morgan fingerprint density at radius 2 is 1.94 bits per heavy atom. The fraction of sp³-hybridized carbons (Fsp3) is 0.435. The zero-order valence-electron chi connectivity index (χ0n) is 19.2. The molecule has 0 unspecified atom stereocenters. The third-order valence-electron chi connectivity index (χ3n) is 5.61. The number of anilines is 1. The molecule has 0 saturated carbocycles. The molecule has 180 valence electrons. The normalized spacial score (nSPS) is 22.5. The summed E-state index contributed by atoms with van der Waals surface area (Å²) in [4.78, 5) is 14.2. The molecular formula is C23H30FN3O5S. The van der Waals surface area contributed by atoms with Gasteiger partial charge in [-0.15, -0.1) is 0 Å². The summed E-state index contributed by atoms with van der Waals surface area (Å²) < 4.78 is 53.3. The number of benzene rings is 2. The lowest BCUT2D eigenvalue weighted by Gasteiger charge is -2.30. The van der Waals surface area contributed by atoms with Crippen molar-refractivity contribution in [2.45, 2.75) is 30.9 Å². The second-order valence-corrected chi connectivity index (χ2v) is 9.96. The first kappa shape index (κ1) is 24.9. The summed E-state index contributed by atoms with van der Waals surface area (Å²) in [5.74, 6) is -0.728. The average molecular weight is 480 g/mol. The van der Waals surface area contributed by atoms with Crippen LogP contribution in [0.5, 0.6) is 5.75 Å². The van der Waals surface area contributed by atoms with Gasteiger partial charge < -0.3 is 19.7 Å². The minimum atomic E-state index is -4.17. The van der Waals surface area contributed by atoms with Crippen LogP contribution in [0.1, 0.15) is 24.2 Å². The van der Waals surface area contributed by atoms with Crippen molar-refractivity contribution in [3.05, 3.63) is 53.8 Å². The summed E-state index contributed by atoms with van der Waals surface area (Å²) in [5, 5.41) is 3.39. The number of fused-ring (bicyclic) bond motifs is 1. The van der Waals surface area contributed by atoms with E-state index in [1.54, 1.807) is 19.1 Å². The first-order valence-electron chi connectivity index (χ1n) is 10.7. The fourth-order valence-corrected chi connectivity index (χ4v) is 4.72. The van der Waals surface area contributed by atoms with Crippen LogP contribution in [0, 0.1) is 11.7 Å². The first-order valence-corrected chi connectivity index (χ1v) is 12.2. The monoisotopic (exact) mass is 479 g/mol. The fourth-order valence-electron chi connectivity index (χ4n) is 3.59. The molecule has 0 aromatic heterocycles. The van der Waals surface area contributed by atoms with Gasteiger partial charge in [0.25, 0.3) is 15.9 Å². The average Bonchev–Trinajstić information content (AvgIpc) is 2.78. The molecule has 1 aliphatic rings. The zero-order chi connectivity index (χ0) is 24.2. The van der Waals surface area contributed by atoms with Crippen molar-refractivity contribution in [3.63, 3.8) is 0 Å². The molecule has 2 aromatic rings. The molecule has 8 nitrogen and oxygen atoms in total. The van der Waals surface area contributed by atoms with E-state index < -0.39 is 20.7 Å².